The van der Waals surface area contributed by atoms with Crippen LogP contribution in [0.5, 0.6) is 5.75 Å². The van der Waals surface area contributed by atoms with Crippen LogP contribution >= 0.6 is 0 Å². The van der Waals surface area contributed by atoms with Gasteiger partial charge in [-0.05, 0) is 62.7 Å². The van der Waals surface area contributed by atoms with E-state index in [9.17, 15) is 4.79 Å². The quantitative estimate of drug-likeness (QED) is 0.690. The molecule has 1 aromatic heterocycles. The van der Waals surface area contributed by atoms with Crippen molar-refractivity contribution in [3.05, 3.63) is 47.9 Å². The minimum absolute atomic E-state index is 0.218. The molecule has 2 N–H and O–H groups in total. The fourth-order valence-electron chi connectivity index (χ4n) is 4.72. The monoisotopic (exact) mass is 411 g/mol. The standard InChI is InChI=1S/C24H33N3O3/c28-24(26-20-7-3-1-4-8-20)14-18-11-12-25-16-19(18)13-21-15-23(30-27-21)17-29-22-9-5-2-6-10-22/h2,5-6,9-10,15,18-20,25H,1,3-4,7-8,11-14,16-17H2,(H,26,28)/t18-,19-/m0/s1. The fraction of sp³-hybridized carbons (Fsp3) is 0.583. The van der Waals surface area contributed by atoms with E-state index in [-0.39, 0.29) is 5.91 Å². The number of para-hydroxylation sites is 1. The highest BCUT2D eigenvalue weighted by molar-refractivity contribution is 5.76. The summed E-state index contributed by atoms with van der Waals surface area (Å²) in [5.41, 5.74) is 0.938. The van der Waals surface area contributed by atoms with Gasteiger partial charge in [0, 0.05) is 18.5 Å². The van der Waals surface area contributed by atoms with E-state index in [1.54, 1.807) is 0 Å². The van der Waals surface area contributed by atoms with Crippen molar-refractivity contribution >= 4 is 5.91 Å². The summed E-state index contributed by atoms with van der Waals surface area (Å²) >= 11 is 0. The molecule has 2 aliphatic rings. The Labute approximate surface area is 178 Å². The van der Waals surface area contributed by atoms with E-state index < -0.39 is 0 Å². The fourth-order valence-corrected chi connectivity index (χ4v) is 4.72. The molecule has 0 unspecified atom stereocenters. The van der Waals surface area contributed by atoms with E-state index >= 15 is 0 Å². The molecular weight excluding hydrogens is 378 g/mol. The van der Waals surface area contributed by atoms with Gasteiger partial charge in [0.05, 0.1) is 5.69 Å². The number of carbonyl (C=O) groups is 1. The van der Waals surface area contributed by atoms with Gasteiger partial charge in [-0.2, -0.15) is 0 Å². The molecule has 0 radical (unpaired) electrons. The van der Waals surface area contributed by atoms with Crippen molar-refractivity contribution < 1.29 is 14.1 Å². The summed E-state index contributed by atoms with van der Waals surface area (Å²) in [5.74, 6) is 2.54. The van der Waals surface area contributed by atoms with Gasteiger partial charge in [0.15, 0.2) is 5.76 Å². The van der Waals surface area contributed by atoms with Crippen molar-refractivity contribution in [3.8, 4) is 5.75 Å². The van der Waals surface area contributed by atoms with Crippen LogP contribution in [0.15, 0.2) is 40.9 Å². The van der Waals surface area contributed by atoms with Crippen LogP contribution in [0.1, 0.15) is 56.4 Å². The predicted molar refractivity (Wildman–Crippen MR) is 115 cm³/mol. The number of carbonyl (C=O) groups excluding carboxylic acids is 1. The van der Waals surface area contributed by atoms with Crippen molar-refractivity contribution in [2.45, 2.75) is 64.0 Å². The maximum Gasteiger partial charge on any atom is 0.220 e. The molecule has 1 aliphatic heterocycles. The molecule has 2 aromatic rings. The molecule has 0 spiro atoms. The zero-order valence-corrected chi connectivity index (χ0v) is 17.6. The van der Waals surface area contributed by atoms with Gasteiger partial charge in [-0.3, -0.25) is 4.79 Å². The van der Waals surface area contributed by atoms with E-state index in [1.807, 2.05) is 36.4 Å². The number of nitrogens with zero attached hydrogens (tertiary/aromatic N) is 1. The maximum atomic E-state index is 12.6. The number of nitrogens with one attached hydrogen (secondary N) is 2. The number of amides is 1. The average molecular weight is 412 g/mol. The first-order chi connectivity index (χ1) is 14.8. The number of hydrogen-bond donors (Lipinski definition) is 2. The maximum absolute atomic E-state index is 12.6. The lowest BCUT2D eigenvalue weighted by atomic mass is 9.81. The number of piperidine rings is 1. The smallest absolute Gasteiger partial charge is 0.220 e. The highest BCUT2D eigenvalue weighted by Gasteiger charge is 2.29. The lowest BCUT2D eigenvalue weighted by Gasteiger charge is -2.32. The van der Waals surface area contributed by atoms with Gasteiger partial charge in [-0.1, -0.05) is 42.6 Å². The molecule has 1 saturated carbocycles. The summed E-state index contributed by atoms with van der Waals surface area (Å²) in [6, 6.07) is 12.1. The predicted octanol–water partition coefficient (Wildman–Crippen LogP) is 3.86. The zero-order chi connectivity index (χ0) is 20.6. The second kappa shape index (κ2) is 10.6. The van der Waals surface area contributed by atoms with Crippen molar-refractivity contribution in [2.75, 3.05) is 13.1 Å². The first kappa shape index (κ1) is 20.9. The number of ether oxygens (including phenoxy) is 1. The zero-order valence-electron chi connectivity index (χ0n) is 17.6. The molecule has 0 bridgehead atoms. The minimum atomic E-state index is 0.218. The summed E-state index contributed by atoms with van der Waals surface area (Å²) in [5, 5.41) is 11.0. The van der Waals surface area contributed by atoms with Crippen LogP contribution in [-0.4, -0.2) is 30.2 Å². The lowest BCUT2D eigenvalue weighted by molar-refractivity contribution is -0.123. The van der Waals surface area contributed by atoms with Gasteiger partial charge in [0.1, 0.15) is 12.4 Å². The molecule has 6 heteroatoms. The summed E-state index contributed by atoms with van der Waals surface area (Å²) in [6.45, 7) is 2.27. The molecule has 1 aromatic carbocycles. The number of aromatic nitrogens is 1. The van der Waals surface area contributed by atoms with E-state index in [0.29, 0.717) is 30.9 Å². The minimum Gasteiger partial charge on any atom is -0.486 e. The SMILES string of the molecule is O=C(C[C@@H]1CCNC[C@@H]1Cc1cc(COc2ccccc2)on1)NC1CCCCC1. The van der Waals surface area contributed by atoms with Crippen molar-refractivity contribution in [2.24, 2.45) is 11.8 Å². The molecule has 162 valence electrons. The third-order valence-corrected chi connectivity index (χ3v) is 6.39. The summed E-state index contributed by atoms with van der Waals surface area (Å²) < 4.78 is 11.2. The number of benzene rings is 1. The Hall–Kier alpha value is -2.34. The van der Waals surface area contributed by atoms with Crippen LogP contribution in [0.3, 0.4) is 0 Å². The third kappa shape index (κ3) is 6.08. The van der Waals surface area contributed by atoms with E-state index in [4.69, 9.17) is 9.26 Å². The highest BCUT2D eigenvalue weighted by atomic mass is 16.5. The Morgan fingerprint density at radius 2 is 1.97 bits per heavy atom. The molecule has 4 rings (SSSR count). The van der Waals surface area contributed by atoms with Crippen LogP contribution in [0.4, 0.5) is 0 Å². The Bertz CT molecular complexity index is 786. The number of rotatable bonds is 8. The van der Waals surface area contributed by atoms with Crippen molar-refractivity contribution in [1.29, 1.82) is 0 Å². The summed E-state index contributed by atoms with van der Waals surface area (Å²) in [4.78, 5) is 12.6. The summed E-state index contributed by atoms with van der Waals surface area (Å²) in [7, 11) is 0. The highest BCUT2D eigenvalue weighted by Crippen LogP contribution is 2.27. The molecule has 1 saturated heterocycles. The number of hydrogen-bond acceptors (Lipinski definition) is 5. The van der Waals surface area contributed by atoms with Crippen LogP contribution in [0.2, 0.25) is 0 Å². The molecular formula is C24H33N3O3. The largest absolute Gasteiger partial charge is 0.486 e. The van der Waals surface area contributed by atoms with Crippen LogP contribution < -0.4 is 15.4 Å². The Balaban J connectivity index is 1.27. The first-order valence-electron chi connectivity index (χ1n) is 11.4. The van der Waals surface area contributed by atoms with E-state index in [0.717, 1.165) is 56.0 Å². The topological polar surface area (TPSA) is 76.4 Å². The van der Waals surface area contributed by atoms with Crippen molar-refractivity contribution in [3.63, 3.8) is 0 Å². The van der Waals surface area contributed by atoms with E-state index in [1.165, 1.54) is 19.3 Å². The Morgan fingerprint density at radius 1 is 1.13 bits per heavy atom. The molecule has 1 amide bonds. The molecule has 2 fully saturated rings. The normalized spacial score (nSPS) is 22.5. The lowest BCUT2D eigenvalue weighted by Crippen LogP contribution is -2.42. The second-order valence-corrected chi connectivity index (χ2v) is 8.71. The van der Waals surface area contributed by atoms with Crippen LogP contribution in [0, 0.1) is 11.8 Å². The molecule has 6 nitrogen and oxygen atoms in total. The molecule has 30 heavy (non-hydrogen) atoms. The summed E-state index contributed by atoms with van der Waals surface area (Å²) in [6.07, 6.45) is 8.52. The van der Waals surface area contributed by atoms with Gasteiger partial charge in [0.2, 0.25) is 5.91 Å². The van der Waals surface area contributed by atoms with Crippen molar-refractivity contribution in [1.82, 2.24) is 15.8 Å². The van der Waals surface area contributed by atoms with Gasteiger partial charge < -0.3 is 19.9 Å². The molecule has 1 aliphatic carbocycles. The average Bonchev–Trinajstić information content (AvgIpc) is 3.22. The molecule has 2 atom stereocenters. The van der Waals surface area contributed by atoms with Gasteiger partial charge >= 0.3 is 0 Å². The van der Waals surface area contributed by atoms with Crippen LogP contribution in [-0.2, 0) is 17.8 Å². The molecule has 2 heterocycles. The third-order valence-electron chi connectivity index (χ3n) is 6.39. The first-order valence-corrected chi connectivity index (χ1v) is 11.4. The Morgan fingerprint density at radius 3 is 2.80 bits per heavy atom. The van der Waals surface area contributed by atoms with Crippen LogP contribution in [0.25, 0.3) is 0 Å². The van der Waals surface area contributed by atoms with Gasteiger partial charge in [-0.25, -0.2) is 0 Å². The Kier molecular flexibility index (Phi) is 7.40. The van der Waals surface area contributed by atoms with Gasteiger partial charge in [0.25, 0.3) is 0 Å². The second-order valence-electron chi connectivity index (χ2n) is 8.71. The van der Waals surface area contributed by atoms with Gasteiger partial charge in [-0.15, -0.1) is 0 Å². The van der Waals surface area contributed by atoms with E-state index in [2.05, 4.69) is 15.8 Å².